The molecule has 1 aromatic rings. The summed E-state index contributed by atoms with van der Waals surface area (Å²) in [6.07, 6.45) is 6.37. The van der Waals surface area contributed by atoms with Crippen molar-refractivity contribution in [1.29, 1.82) is 0 Å². The zero-order valence-corrected chi connectivity index (χ0v) is 9.88. The predicted octanol–water partition coefficient (Wildman–Crippen LogP) is 3.71. The van der Waals surface area contributed by atoms with Gasteiger partial charge in [0.1, 0.15) is 5.82 Å². The third-order valence-corrected chi connectivity index (χ3v) is 3.67. The maximum Gasteiger partial charge on any atom is 0.126 e. The van der Waals surface area contributed by atoms with E-state index in [9.17, 15) is 4.39 Å². The van der Waals surface area contributed by atoms with Gasteiger partial charge in [-0.1, -0.05) is 37.8 Å². The molecule has 0 spiro atoms. The summed E-state index contributed by atoms with van der Waals surface area (Å²) in [7, 11) is 0. The van der Waals surface area contributed by atoms with Crippen molar-refractivity contribution in [3.8, 4) is 0 Å². The number of hydrogen-bond acceptors (Lipinski definition) is 1. The molecule has 0 bridgehead atoms. The summed E-state index contributed by atoms with van der Waals surface area (Å²) in [5.41, 5.74) is 7.94. The summed E-state index contributed by atoms with van der Waals surface area (Å²) in [5.74, 6) is 0.636. The van der Waals surface area contributed by atoms with Crippen LogP contribution in [0.1, 0.15) is 49.3 Å². The summed E-state index contributed by atoms with van der Waals surface area (Å²) in [6, 6.07) is 5.30. The first-order valence-corrected chi connectivity index (χ1v) is 6.18. The van der Waals surface area contributed by atoms with Crippen molar-refractivity contribution in [2.24, 2.45) is 11.7 Å². The lowest BCUT2D eigenvalue weighted by Gasteiger charge is -2.17. The molecule has 2 rings (SSSR count). The van der Waals surface area contributed by atoms with Crippen LogP contribution in [-0.4, -0.2) is 0 Å². The van der Waals surface area contributed by atoms with Crippen LogP contribution >= 0.6 is 0 Å². The number of nitrogens with two attached hydrogens (primary N) is 1. The van der Waals surface area contributed by atoms with Crippen molar-refractivity contribution in [3.05, 3.63) is 35.1 Å². The SMILES string of the molecule is Cc1cc(C(N)CC2CCCC2)ccc1F. The first-order chi connectivity index (χ1) is 7.66. The van der Waals surface area contributed by atoms with E-state index >= 15 is 0 Å². The minimum Gasteiger partial charge on any atom is -0.324 e. The van der Waals surface area contributed by atoms with Gasteiger partial charge in [-0.15, -0.1) is 0 Å². The van der Waals surface area contributed by atoms with Gasteiger partial charge in [0.25, 0.3) is 0 Å². The highest BCUT2D eigenvalue weighted by Gasteiger charge is 2.19. The van der Waals surface area contributed by atoms with E-state index in [0.717, 1.165) is 17.9 Å². The summed E-state index contributed by atoms with van der Waals surface area (Å²) < 4.78 is 13.1. The first-order valence-electron chi connectivity index (χ1n) is 6.18. The van der Waals surface area contributed by atoms with Crippen LogP contribution in [0.3, 0.4) is 0 Å². The molecular formula is C14H20FN. The standard InChI is InChI=1S/C14H20FN/c1-10-8-12(6-7-13(10)15)14(16)9-11-4-2-3-5-11/h6-8,11,14H,2-5,9,16H2,1H3. The molecule has 0 heterocycles. The van der Waals surface area contributed by atoms with Crippen molar-refractivity contribution in [1.82, 2.24) is 0 Å². The first kappa shape index (κ1) is 11.6. The zero-order chi connectivity index (χ0) is 11.5. The lowest BCUT2D eigenvalue weighted by atomic mass is 9.93. The molecule has 1 fully saturated rings. The van der Waals surface area contributed by atoms with Crippen molar-refractivity contribution < 1.29 is 4.39 Å². The van der Waals surface area contributed by atoms with Crippen LogP contribution < -0.4 is 5.73 Å². The molecule has 0 aliphatic heterocycles. The Hall–Kier alpha value is -0.890. The van der Waals surface area contributed by atoms with Gasteiger partial charge in [-0.2, -0.15) is 0 Å². The Morgan fingerprint density at radius 3 is 2.69 bits per heavy atom. The Kier molecular flexibility index (Phi) is 3.59. The molecule has 1 nitrogen and oxygen atoms in total. The van der Waals surface area contributed by atoms with Gasteiger partial charge in [-0.05, 0) is 36.5 Å². The maximum atomic E-state index is 13.1. The normalized spacial score (nSPS) is 18.9. The van der Waals surface area contributed by atoms with E-state index in [-0.39, 0.29) is 11.9 Å². The molecule has 1 aliphatic carbocycles. The highest BCUT2D eigenvalue weighted by Crippen LogP contribution is 2.32. The predicted molar refractivity (Wildman–Crippen MR) is 64.6 cm³/mol. The van der Waals surface area contributed by atoms with Gasteiger partial charge in [0, 0.05) is 6.04 Å². The van der Waals surface area contributed by atoms with E-state index in [1.807, 2.05) is 12.1 Å². The molecule has 2 heteroatoms. The molecule has 2 N–H and O–H groups in total. The Balaban J connectivity index is 2.02. The van der Waals surface area contributed by atoms with Crippen molar-refractivity contribution in [2.75, 3.05) is 0 Å². The van der Waals surface area contributed by atoms with E-state index < -0.39 is 0 Å². The van der Waals surface area contributed by atoms with Gasteiger partial charge in [-0.3, -0.25) is 0 Å². The van der Waals surface area contributed by atoms with E-state index in [4.69, 9.17) is 5.73 Å². The van der Waals surface area contributed by atoms with E-state index in [2.05, 4.69) is 0 Å². The van der Waals surface area contributed by atoms with Crippen molar-refractivity contribution in [3.63, 3.8) is 0 Å². The Morgan fingerprint density at radius 2 is 2.06 bits per heavy atom. The van der Waals surface area contributed by atoms with Crippen LogP contribution in [0.5, 0.6) is 0 Å². The topological polar surface area (TPSA) is 26.0 Å². The molecule has 1 aliphatic rings. The summed E-state index contributed by atoms with van der Waals surface area (Å²) in [6.45, 7) is 1.79. The molecule has 1 aromatic carbocycles. The Morgan fingerprint density at radius 1 is 1.38 bits per heavy atom. The van der Waals surface area contributed by atoms with Crippen LogP contribution in [-0.2, 0) is 0 Å². The van der Waals surface area contributed by atoms with Crippen LogP contribution in [0, 0.1) is 18.7 Å². The smallest absolute Gasteiger partial charge is 0.126 e. The third-order valence-electron chi connectivity index (χ3n) is 3.67. The molecule has 1 saturated carbocycles. The number of benzene rings is 1. The summed E-state index contributed by atoms with van der Waals surface area (Å²) >= 11 is 0. The lowest BCUT2D eigenvalue weighted by Crippen LogP contribution is -2.14. The zero-order valence-electron chi connectivity index (χ0n) is 9.88. The minimum absolute atomic E-state index is 0.0717. The van der Waals surface area contributed by atoms with Gasteiger partial charge in [0.05, 0.1) is 0 Å². The second-order valence-corrected chi connectivity index (χ2v) is 5.00. The number of halogens is 1. The fourth-order valence-corrected chi connectivity index (χ4v) is 2.64. The molecule has 1 atom stereocenters. The Labute approximate surface area is 96.9 Å². The highest BCUT2D eigenvalue weighted by atomic mass is 19.1. The number of aryl methyl sites for hydroxylation is 1. The molecule has 16 heavy (non-hydrogen) atoms. The van der Waals surface area contributed by atoms with Gasteiger partial charge < -0.3 is 5.73 Å². The fraction of sp³-hybridized carbons (Fsp3) is 0.571. The fourth-order valence-electron chi connectivity index (χ4n) is 2.64. The van der Waals surface area contributed by atoms with Crippen LogP contribution in [0.25, 0.3) is 0 Å². The molecule has 0 amide bonds. The Bertz CT molecular complexity index is 356. The quantitative estimate of drug-likeness (QED) is 0.827. The summed E-state index contributed by atoms with van der Waals surface area (Å²) in [5, 5.41) is 0. The second kappa shape index (κ2) is 4.96. The van der Waals surface area contributed by atoms with Gasteiger partial charge >= 0.3 is 0 Å². The molecule has 1 unspecified atom stereocenters. The number of rotatable bonds is 3. The van der Waals surface area contributed by atoms with Gasteiger partial charge in [0.2, 0.25) is 0 Å². The summed E-state index contributed by atoms with van der Waals surface area (Å²) in [4.78, 5) is 0. The molecule has 88 valence electrons. The average molecular weight is 221 g/mol. The van der Waals surface area contributed by atoms with Crippen LogP contribution in [0.2, 0.25) is 0 Å². The largest absolute Gasteiger partial charge is 0.324 e. The van der Waals surface area contributed by atoms with Gasteiger partial charge in [0.15, 0.2) is 0 Å². The van der Waals surface area contributed by atoms with Crippen LogP contribution in [0.15, 0.2) is 18.2 Å². The number of hydrogen-bond donors (Lipinski definition) is 1. The third kappa shape index (κ3) is 2.62. The minimum atomic E-state index is -0.142. The lowest BCUT2D eigenvalue weighted by molar-refractivity contribution is 0.450. The highest BCUT2D eigenvalue weighted by molar-refractivity contribution is 5.26. The van der Waals surface area contributed by atoms with Crippen molar-refractivity contribution >= 4 is 0 Å². The monoisotopic (exact) mass is 221 g/mol. The van der Waals surface area contributed by atoms with E-state index in [1.165, 1.54) is 31.7 Å². The van der Waals surface area contributed by atoms with E-state index in [0.29, 0.717) is 5.56 Å². The van der Waals surface area contributed by atoms with Gasteiger partial charge in [-0.25, -0.2) is 4.39 Å². The maximum absolute atomic E-state index is 13.1. The molecule has 0 aromatic heterocycles. The molecular weight excluding hydrogens is 201 g/mol. The molecule has 0 saturated heterocycles. The van der Waals surface area contributed by atoms with E-state index in [1.54, 1.807) is 6.92 Å². The molecule has 0 radical (unpaired) electrons. The van der Waals surface area contributed by atoms with Crippen LogP contribution in [0.4, 0.5) is 4.39 Å². The second-order valence-electron chi connectivity index (χ2n) is 5.00. The average Bonchev–Trinajstić information content (AvgIpc) is 2.74. The van der Waals surface area contributed by atoms with Crippen molar-refractivity contribution in [2.45, 2.75) is 45.1 Å².